The number of aliphatic carboxylic acids is 1. The van der Waals surface area contributed by atoms with E-state index in [0.717, 1.165) is 16.7 Å². The molecule has 1 amide bonds. The zero-order valence-electron chi connectivity index (χ0n) is 17.7. The third kappa shape index (κ3) is 6.60. The zero-order chi connectivity index (χ0) is 24.0. The van der Waals surface area contributed by atoms with E-state index in [2.05, 4.69) is 15.3 Å². The summed E-state index contributed by atoms with van der Waals surface area (Å²) in [4.78, 5) is 42.7. The number of halogens is 1. The molecular weight excluding hydrogens is 446 g/mol. The second-order valence-electron chi connectivity index (χ2n) is 7.63. The van der Waals surface area contributed by atoms with Crippen molar-refractivity contribution in [3.8, 4) is 11.1 Å². The van der Waals surface area contributed by atoms with Gasteiger partial charge in [-0.25, -0.2) is 14.8 Å². The Morgan fingerprint density at radius 3 is 2.39 bits per heavy atom. The highest BCUT2D eigenvalue weighted by atomic mass is 35.5. The lowest BCUT2D eigenvalue weighted by Crippen LogP contribution is -2.39. The van der Waals surface area contributed by atoms with Crippen molar-refractivity contribution >= 4 is 29.4 Å². The summed E-state index contributed by atoms with van der Waals surface area (Å²) in [5, 5.41) is 21.8. The van der Waals surface area contributed by atoms with E-state index in [1.54, 1.807) is 13.0 Å². The molecule has 1 heterocycles. The molecule has 170 valence electrons. The first-order chi connectivity index (χ1) is 15.7. The predicted octanol–water partition coefficient (Wildman–Crippen LogP) is 3.95. The molecule has 0 aliphatic carbocycles. The molecular formula is C24H22ClN3O5. The summed E-state index contributed by atoms with van der Waals surface area (Å²) in [7, 11) is 0. The quantitative estimate of drug-likeness (QED) is 0.434. The molecule has 8 nitrogen and oxygen atoms in total. The first-order valence-electron chi connectivity index (χ1n) is 10.2. The molecule has 0 aliphatic rings. The lowest BCUT2D eigenvalue weighted by molar-refractivity contribution is -0.141. The Hall–Kier alpha value is -3.78. The van der Waals surface area contributed by atoms with Crippen LogP contribution in [0.3, 0.4) is 0 Å². The van der Waals surface area contributed by atoms with Crippen molar-refractivity contribution in [1.29, 1.82) is 0 Å². The second-order valence-corrected chi connectivity index (χ2v) is 8.06. The predicted molar refractivity (Wildman–Crippen MR) is 122 cm³/mol. The van der Waals surface area contributed by atoms with E-state index in [1.807, 2.05) is 42.5 Å². The molecule has 0 radical (unpaired) electrons. The largest absolute Gasteiger partial charge is 0.481 e. The van der Waals surface area contributed by atoms with Crippen molar-refractivity contribution < 1.29 is 24.6 Å². The number of rotatable bonds is 9. The van der Waals surface area contributed by atoms with Gasteiger partial charge in [-0.3, -0.25) is 9.59 Å². The van der Waals surface area contributed by atoms with Crippen molar-refractivity contribution in [3.05, 3.63) is 82.9 Å². The Morgan fingerprint density at radius 2 is 1.76 bits per heavy atom. The number of benzene rings is 2. The van der Waals surface area contributed by atoms with Crippen LogP contribution in [0.25, 0.3) is 11.1 Å². The number of carboxylic acids is 2. The summed E-state index contributed by atoms with van der Waals surface area (Å²) in [5.74, 6) is -3.92. The van der Waals surface area contributed by atoms with Gasteiger partial charge in [0.15, 0.2) is 5.69 Å². The van der Waals surface area contributed by atoms with Gasteiger partial charge in [-0.2, -0.15) is 0 Å². The first-order valence-corrected chi connectivity index (χ1v) is 10.6. The average Bonchev–Trinajstić information content (AvgIpc) is 2.79. The maximum atomic E-state index is 12.7. The number of carbonyl (C=O) groups is 3. The molecule has 0 spiro atoms. The standard InChI is InChI=1S/C24H22ClN3O5/c1-14(23(30)31)11-19(27-22(29)21-26-10-9-20(28-21)24(32)33)12-15-5-7-16(8-6-15)17-3-2-4-18(25)13-17/h2-10,13-14,19H,11-12H2,1H3,(H,27,29)(H,30,31)(H,32,33)/t14-,19+/m1/s1. The van der Waals surface area contributed by atoms with Gasteiger partial charge in [-0.15, -0.1) is 0 Å². The van der Waals surface area contributed by atoms with Crippen molar-refractivity contribution in [2.24, 2.45) is 5.92 Å². The SMILES string of the molecule is C[C@H](C[C@@H](Cc1ccc(-c2cccc(Cl)c2)cc1)NC(=O)c1nccc(C(=O)O)n1)C(=O)O. The maximum Gasteiger partial charge on any atom is 0.354 e. The number of aromatic nitrogens is 2. The van der Waals surface area contributed by atoms with Gasteiger partial charge in [0, 0.05) is 17.3 Å². The van der Waals surface area contributed by atoms with Crippen LogP contribution in [0.5, 0.6) is 0 Å². The molecule has 3 aromatic rings. The van der Waals surface area contributed by atoms with E-state index in [-0.39, 0.29) is 17.9 Å². The fourth-order valence-electron chi connectivity index (χ4n) is 3.34. The van der Waals surface area contributed by atoms with Crippen LogP contribution in [0.4, 0.5) is 0 Å². The van der Waals surface area contributed by atoms with Gasteiger partial charge in [0.1, 0.15) is 0 Å². The van der Waals surface area contributed by atoms with Crippen LogP contribution in [-0.4, -0.2) is 44.1 Å². The molecule has 2 atom stereocenters. The molecule has 2 aromatic carbocycles. The lowest BCUT2D eigenvalue weighted by Gasteiger charge is -2.21. The lowest BCUT2D eigenvalue weighted by atomic mass is 9.95. The van der Waals surface area contributed by atoms with Gasteiger partial charge < -0.3 is 15.5 Å². The summed E-state index contributed by atoms with van der Waals surface area (Å²) in [6.45, 7) is 1.56. The summed E-state index contributed by atoms with van der Waals surface area (Å²) < 4.78 is 0. The average molecular weight is 468 g/mol. The van der Waals surface area contributed by atoms with E-state index in [0.29, 0.717) is 11.4 Å². The van der Waals surface area contributed by atoms with Crippen molar-refractivity contribution in [3.63, 3.8) is 0 Å². The highest BCUT2D eigenvalue weighted by Gasteiger charge is 2.22. The van der Waals surface area contributed by atoms with E-state index in [9.17, 15) is 19.5 Å². The van der Waals surface area contributed by atoms with Crippen molar-refractivity contribution in [1.82, 2.24) is 15.3 Å². The van der Waals surface area contributed by atoms with Crippen LogP contribution in [0, 0.1) is 5.92 Å². The molecule has 1 aromatic heterocycles. The number of nitrogens with one attached hydrogen (secondary N) is 1. The van der Waals surface area contributed by atoms with Gasteiger partial charge >= 0.3 is 11.9 Å². The maximum absolute atomic E-state index is 12.7. The number of amides is 1. The molecule has 0 saturated carbocycles. The third-order valence-corrected chi connectivity index (χ3v) is 5.30. The van der Waals surface area contributed by atoms with E-state index < -0.39 is 29.8 Å². The van der Waals surface area contributed by atoms with Crippen LogP contribution in [0.2, 0.25) is 5.02 Å². The molecule has 0 unspecified atom stereocenters. The third-order valence-electron chi connectivity index (χ3n) is 5.07. The minimum Gasteiger partial charge on any atom is -0.481 e. The summed E-state index contributed by atoms with van der Waals surface area (Å²) >= 11 is 6.06. The van der Waals surface area contributed by atoms with Gasteiger partial charge in [-0.05, 0) is 47.7 Å². The molecule has 3 rings (SSSR count). The monoisotopic (exact) mass is 467 g/mol. The fourth-order valence-corrected chi connectivity index (χ4v) is 3.53. The van der Waals surface area contributed by atoms with Crippen LogP contribution in [0.15, 0.2) is 60.8 Å². The Kier molecular flexibility index (Phi) is 7.74. The normalized spacial score (nSPS) is 12.5. The van der Waals surface area contributed by atoms with Crippen molar-refractivity contribution in [2.45, 2.75) is 25.8 Å². The summed E-state index contributed by atoms with van der Waals surface area (Å²) in [6.07, 6.45) is 1.74. The van der Waals surface area contributed by atoms with Crippen LogP contribution in [0.1, 0.15) is 40.0 Å². The number of nitrogens with zero attached hydrogens (tertiary/aromatic N) is 2. The summed E-state index contributed by atoms with van der Waals surface area (Å²) in [6, 6.07) is 15.8. The first kappa shape index (κ1) is 23.9. The molecule has 0 aliphatic heterocycles. The molecule has 9 heteroatoms. The van der Waals surface area contributed by atoms with Crippen LogP contribution in [-0.2, 0) is 11.2 Å². The Labute approximate surface area is 195 Å². The number of aromatic carboxylic acids is 1. The van der Waals surface area contributed by atoms with E-state index >= 15 is 0 Å². The topological polar surface area (TPSA) is 129 Å². The number of carboxylic acid groups (broad SMARTS) is 2. The Balaban J connectivity index is 1.77. The highest BCUT2D eigenvalue weighted by Crippen LogP contribution is 2.23. The van der Waals surface area contributed by atoms with E-state index in [4.69, 9.17) is 16.7 Å². The Morgan fingerprint density at radius 1 is 1.03 bits per heavy atom. The fraction of sp³-hybridized carbons (Fsp3) is 0.208. The van der Waals surface area contributed by atoms with E-state index in [1.165, 1.54) is 12.3 Å². The van der Waals surface area contributed by atoms with Gasteiger partial charge in [0.25, 0.3) is 5.91 Å². The number of hydrogen-bond donors (Lipinski definition) is 3. The molecule has 0 fully saturated rings. The van der Waals surface area contributed by atoms with Gasteiger partial charge in [0.2, 0.25) is 5.82 Å². The van der Waals surface area contributed by atoms with Gasteiger partial charge in [-0.1, -0.05) is 54.9 Å². The minimum atomic E-state index is -1.28. The smallest absolute Gasteiger partial charge is 0.354 e. The van der Waals surface area contributed by atoms with Crippen molar-refractivity contribution in [2.75, 3.05) is 0 Å². The molecule has 33 heavy (non-hydrogen) atoms. The number of hydrogen-bond acceptors (Lipinski definition) is 5. The van der Waals surface area contributed by atoms with Crippen LogP contribution >= 0.6 is 11.6 Å². The molecule has 0 saturated heterocycles. The zero-order valence-corrected chi connectivity index (χ0v) is 18.5. The molecule has 3 N–H and O–H groups in total. The minimum absolute atomic E-state index is 0.176. The van der Waals surface area contributed by atoms with Crippen LogP contribution < -0.4 is 5.32 Å². The second kappa shape index (κ2) is 10.7. The summed E-state index contributed by atoms with van der Waals surface area (Å²) in [5.41, 5.74) is 2.53. The number of carbonyl (C=O) groups excluding carboxylic acids is 1. The Bertz CT molecular complexity index is 1170. The molecule has 0 bridgehead atoms. The highest BCUT2D eigenvalue weighted by molar-refractivity contribution is 6.30. The van der Waals surface area contributed by atoms with Gasteiger partial charge in [0.05, 0.1) is 5.92 Å².